The highest BCUT2D eigenvalue weighted by molar-refractivity contribution is 7.92. The van der Waals surface area contributed by atoms with Crippen molar-refractivity contribution in [1.82, 2.24) is 0 Å². The monoisotopic (exact) mass is 444 g/mol. The van der Waals surface area contributed by atoms with E-state index in [0.29, 0.717) is 30.4 Å². The Morgan fingerprint density at radius 1 is 1.07 bits per heavy atom. The topological polar surface area (TPSA) is 84.9 Å². The van der Waals surface area contributed by atoms with Gasteiger partial charge in [-0.05, 0) is 37.3 Å². The summed E-state index contributed by atoms with van der Waals surface area (Å²) in [5, 5.41) is 3.17. The van der Waals surface area contributed by atoms with Gasteiger partial charge in [0.05, 0.1) is 22.0 Å². The highest BCUT2D eigenvalue weighted by Crippen LogP contribution is 2.33. The summed E-state index contributed by atoms with van der Waals surface area (Å²) in [4.78, 5) is 12.7. The lowest BCUT2D eigenvalue weighted by Crippen LogP contribution is -2.45. The Balaban J connectivity index is 1.85. The molecule has 1 N–H and O–H groups in total. The molecule has 0 aliphatic carbocycles. The van der Waals surface area contributed by atoms with Crippen LogP contribution in [0.2, 0.25) is 10.0 Å². The zero-order chi connectivity index (χ0) is 20.5. The minimum Gasteiger partial charge on any atom is -0.486 e. The van der Waals surface area contributed by atoms with E-state index in [4.69, 9.17) is 32.7 Å². The summed E-state index contributed by atoms with van der Waals surface area (Å²) in [5.74, 6) is 0.584. The number of hydrogen-bond donors (Lipinski definition) is 1. The molecule has 1 aliphatic heterocycles. The van der Waals surface area contributed by atoms with Crippen molar-refractivity contribution in [2.75, 3.05) is 29.1 Å². The van der Waals surface area contributed by atoms with Gasteiger partial charge in [0, 0.05) is 11.8 Å². The molecule has 1 aliphatic rings. The molecule has 0 fully saturated rings. The number of fused-ring (bicyclic) bond motifs is 1. The first-order valence-corrected chi connectivity index (χ1v) is 10.9. The number of carbonyl (C=O) groups excluding carboxylic acids is 1. The molecule has 2 aromatic rings. The van der Waals surface area contributed by atoms with Gasteiger partial charge in [0.1, 0.15) is 19.3 Å². The van der Waals surface area contributed by atoms with Gasteiger partial charge in [-0.1, -0.05) is 23.2 Å². The van der Waals surface area contributed by atoms with Gasteiger partial charge in [0.25, 0.3) is 0 Å². The molecule has 28 heavy (non-hydrogen) atoms. The van der Waals surface area contributed by atoms with E-state index < -0.39 is 22.0 Å². The lowest BCUT2D eigenvalue weighted by atomic mass is 10.2. The van der Waals surface area contributed by atoms with E-state index in [9.17, 15) is 13.2 Å². The molecule has 150 valence electrons. The summed E-state index contributed by atoms with van der Waals surface area (Å²) < 4.78 is 36.6. The quantitative estimate of drug-likeness (QED) is 0.761. The molecule has 0 bridgehead atoms. The van der Waals surface area contributed by atoms with Crippen LogP contribution in [0.25, 0.3) is 0 Å². The fourth-order valence-corrected chi connectivity index (χ4v) is 4.26. The Morgan fingerprint density at radius 2 is 1.75 bits per heavy atom. The molecule has 1 heterocycles. The molecule has 0 saturated carbocycles. The van der Waals surface area contributed by atoms with Crippen molar-refractivity contribution in [2.24, 2.45) is 0 Å². The highest BCUT2D eigenvalue weighted by Gasteiger charge is 2.29. The second kappa shape index (κ2) is 8.06. The van der Waals surface area contributed by atoms with Crippen molar-refractivity contribution in [3.8, 4) is 11.5 Å². The van der Waals surface area contributed by atoms with Crippen LogP contribution >= 0.6 is 23.2 Å². The number of benzene rings is 2. The molecular formula is C18H18Cl2N2O5S. The summed E-state index contributed by atoms with van der Waals surface area (Å²) in [5.41, 5.74) is 0.699. The van der Waals surface area contributed by atoms with E-state index in [2.05, 4.69) is 5.32 Å². The number of amides is 1. The molecule has 2 aromatic carbocycles. The van der Waals surface area contributed by atoms with Gasteiger partial charge >= 0.3 is 0 Å². The number of anilines is 2. The zero-order valence-electron chi connectivity index (χ0n) is 15.1. The first-order chi connectivity index (χ1) is 13.2. The first-order valence-electron chi connectivity index (χ1n) is 8.32. The number of halogens is 2. The predicted molar refractivity (Wildman–Crippen MR) is 109 cm³/mol. The van der Waals surface area contributed by atoms with E-state index in [0.717, 1.165) is 10.6 Å². The maximum atomic E-state index is 12.7. The van der Waals surface area contributed by atoms with Crippen LogP contribution in [-0.2, 0) is 14.8 Å². The van der Waals surface area contributed by atoms with Gasteiger partial charge in [-0.3, -0.25) is 9.10 Å². The van der Waals surface area contributed by atoms with Crippen LogP contribution in [0.5, 0.6) is 11.5 Å². The number of hydrogen-bond acceptors (Lipinski definition) is 5. The molecule has 3 rings (SSSR count). The maximum Gasteiger partial charge on any atom is 0.247 e. The van der Waals surface area contributed by atoms with Crippen LogP contribution in [0, 0.1) is 0 Å². The van der Waals surface area contributed by atoms with Crippen LogP contribution < -0.4 is 19.1 Å². The summed E-state index contributed by atoms with van der Waals surface area (Å²) in [6.45, 7) is 2.36. The summed E-state index contributed by atoms with van der Waals surface area (Å²) in [6.07, 6.45) is 1.02. The van der Waals surface area contributed by atoms with Crippen LogP contribution in [0.1, 0.15) is 6.92 Å². The maximum absolute atomic E-state index is 12.7. The minimum atomic E-state index is -3.77. The Bertz CT molecular complexity index is 1010. The molecule has 7 nitrogen and oxygen atoms in total. The van der Waals surface area contributed by atoms with Crippen LogP contribution in [0.3, 0.4) is 0 Å². The summed E-state index contributed by atoms with van der Waals surface area (Å²) in [6, 6.07) is 8.29. The number of nitrogens with one attached hydrogen (secondary N) is 1. The summed E-state index contributed by atoms with van der Waals surface area (Å²) >= 11 is 11.9. The van der Waals surface area contributed by atoms with Gasteiger partial charge in [0.2, 0.25) is 15.9 Å². The highest BCUT2D eigenvalue weighted by atomic mass is 35.5. The second-order valence-electron chi connectivity index (χ2n) is 6.18. The SMILES string of the molecule is C[C@@H](C(=O)Nc1ccc2c(c1)OCCO2)N(c1ccc(Cl)c(Cl)c1)S(C)(=O)=O. The molecular weight excluding hydrogens is 427 g/mol. The lowest BCUT2D eigenvalue weighted by molar-refractivity contribution is -0.116. The Kier molecular flexibility index (Phi) is 5.92. The minimum absolute atomic E-state index is 0.187. The smallest absolute Gasteiger partial charge is 0.247 e. The molecule has 10 heteroatoms. The largest absolute Gasteiger partial charge is 0.486 e. The van der Waals surface area contributed by atoms with Gasteiger partial charge in [0.15, 0.2) is 11.5 Å². The second-order valence-corrected chi connectivity index (χ2v) is 8.85. The van der Waals surface area contributed by atoms with Crippen LogP contribution in [0.15, 0.2) is 36.4 Å². The van der Waals surface area contributed by atoms with Gasteiger partial charge < -0.3 is 14.8 Å². The molecule has 0 radical (unpaired) electrons. The third-order valence-electron chi connectivity index (χ3n) is 4.06. The van der Waals surface area contributed by atoms with Gasteiger partial charge in [-0.15, -0.1) is 0 Å². The average Bonchev–Trinajstić information content (AvgIpc) is 2.63. The standard InChI is InChI=1S/C18H18Cl2N2O5S/c1-11(22(28(2,24)25)13-4-5-14(19)15(20)10-13)18(23)21-12-3-6-16-17(9-12)27-8-7-26-16/h3-6,9-11H,7-8H2,1-2H3,(H,21,23)/t11-/m0/s1. The Hall–Kier alpha value is -2.16. The van der Waals surface area contributed by atoms with Crippen molar-refractivity contribution in [2.45, 2.75) is 13.0 Å². The molecule has 0 aromatic heterocycles. The van der Waals surface area contributed by atoms with Crippen molar-refractivity contribution in [1.29, 1.82) is 0 Å². The average molecular weight is 445 g/mol. The van der Waals surface area contributed by atoms with Crippen molar-refractivity contribution in [3.63, 3.8) is 0 Å². The van der Waals surface area contributed by atoms with Crippen molar-refractivity contribution in [3.05, 3.63) is 46.4 Å². The van der Waals surface area contributed by atoms with Crippen molar-refractivity contribution < 1.29 is 22.7 Å². The van der Waals surface area contributed by atoms with Crippen molar-refractivity contribution >= 4 is 50.5 Å². The fourth-order valence-electron chi connectivity index (χ4n) is 2.80. The number of carbonyl (C=O) groups is 1. The van der Waals surface area contributed by atoms with E-state index in [1.54, 1.807) is 18.2 Å². The Morgan fingerprint density at radius 3 is 2.39 bits per heavy atom. The van der Waals surface area contributed by atoms with Gasteiger partial charge in [-0.2, -0.15) is 0 Å². The van der Waals surface area contributed by atoms with Crippen LogP contribution in [-0.4, -0.2) is 39.8 Å². The normalized spacial score (nSPS) is 14.3. The van der Waals surface area contributed by atoms with E-state index in [-0.39, 0.29) is 15.7 Å². The third kappa shape index (κ3) is 4.45. The number of sulfonamides is 1. The molecule has 1 amide bonds. The van der Waals surface area contributed by atoms with E-state index >= 15 is 0 Å². The summed E-state index contributed by atoms with van der Waals surface area (Å²) in [7, 11) is -3.77. The van der Waals surface area contributed by atoms with Crippen LogP contribution in [0.4, 0.5) is 11.4 Å². The molecule has 1 atom stereocenters. The third-order valence-corrected chi connectivity index (χ3v) is 6.04. The van der Waals surface area contributed by atoms with E-state index in [1.807, 2.05) is 0 Å². The van der Waals surface area contributed by atoms with E-state index in [1.165, 1.54) is 25.1 Å². The fraction of sp³-hybridized carbons (Fsp3) is 0.278. The predicted octanol–water partition coefficient (Wildman–Crippen LogP) is 3.56. The molecule has 0 unspecified atom stereocenters. The van der Waals surface area contributed by atoms with Gasteiger partial charge in [-0.25, -0.2) is 8.42 Å². The number of rotatable bonds is 5. The zero-order valence-corrected chi connectivity index (χ0v) is 17.4. The lowest BCUT2D eigenvalue weighted by Gasteiger charge is -2.28. The number of ether oxygens (including phenoxy) is 2. The number of nitrogens with zero attached hydrogens (tertiary/aromatic N) is 1. The molecule has 0 spiro atoms. The first kappa shape index (κ1) is 20.6. The Labute approximate surface area is 173 Å². The molecule has 0 saturated heterocycles.